The molecule has 2 unspecified atom stereocenters. The minimum absolute atomic E-state index is 0.120. The van der Waals surface area contributed by atoms with Crippen LogP contribution in [-0.2, 0) is 4.74 Å². The van der Waals surface area contributed by atoms with Gasteiger partial charge in [-0.3, -0.25) is 16.3 Å². The van der Waals surface area contributed by atoms with Gasteiger partial charge < -0.3 is 4.74 Å². The maximum atomic E-state index is 6.24. The van der Waals surface area contributed by atoms with E-state index < -0.39 is 0 Å². The molecule has 1 fully saturated rings. The van der Waals surface area contributed by atoms with Gasteiger partial charge in [-0.2, -0.15) is 0 Å². The molecule has 0 saturated carbocycles. The topological polar surface area (TPSA) is 60.2 Å². The van der Waals surface area contributed by atoms with Crippen molar-refractivity contribution in [2.24, 2.45) is 11.8 Å². The summed E-state index contributed by atoms with van der Waals surface area (Å²) in [4.78, 5) is 4.38. The van der Waals surface area contributed by atoms with E-state index in [1.807, 2.05) is 12.1 Å². The number of rotatable bonds is 3. The summed E-state index contributed by atoms with van der Waals surface area (Å²) in [5.74, 6) is 5.97. The largest absolute Gasteiger partial charge is 0.369 e. The summed E-state index contributed by atoms with van der Waals surface area (Å²) < 4.78 is 6.13. The summed E-state index contributed by atoms with van der Waals surface area (Å²) in [7, 11) is 0. The standard InChI is InChI=1S/C14H22ClN3O/c1-13(2)8-9(14(3,4)19-13)11(18-16)12-10(15)6-5-7-17-12/h5-7,9,11,18H,8,16H2,1-4H3. The van der Waals surface area contributed by atoms with Gasteiger partial charge in [0.15, 0.2) is 0 Å². The number of nitrogens with zero attached hydrogens (tertiary/aromatic N) is 1. The zero-order valence-corrected chi connectivity index (χ0v) is 12.7. The molecule has 19 heavy (non-hydrogen) atoms. The van der Waals surface area contributed by atoms with E-state index in [2.05, 4.69) is 38.1 Å². The Morgan fingerprint density at radius 3 is 2.63 bits per heavy atom. The summed E-state index contributed by atoms with van der Waals surface area (Å²) in [5.41, 5.74) is 3.21. The van der Waals surface area contributed by atoms with Gasteiger partial charge >= 0.3 is 0 Å². The Labute approximate surface area is 119 Å². The van der Waals surface area contributed by atoms with Crippen LogP contribution in [0.4, 0.5) is 0 Å². The van der Waals surface area contributed by atoms with E-state index >= 15 is 0 Å². The number of halogens is 1. The van der Waals surface area contributed by atoms with E-state index in [1.165, 1.54) is 0 Å². The SMILES string of the molecule is CC1(C)CC(C(NN)c2ncccc2Cl)C(C)(C)O1. The minimum atomic E-state index is -0.276. The van der Waals surface area contributed by atoms with Crippen molar-refractivity contribution in [1.29, 1.82) is 0 Å². The molecular formula is C14H22ClN3O. The molecule has 2 heterocycles. The zero-order chi connectivity index (χ0) is 14.3. The van der Waals surface area contributed by atoms with Gasteiger partial charge in [-0.1, -0.05) is 11.6 Å². The Bertz CT molecular complexity index is 462. The van der Waals surface area contributed by atoms with E-state index in [4.69, 9.17) is 22.2 Å². The molecule has 0 aromatic carbocycles. The molecule has 5 heteroatoms. The molecule has 1 aromatic heterocycles. The molecule has 1 aliphatic rings. The Hall–Kier alpha value is -0.680. The second-order valence-corrected chi connectivity index (χ2v) is 6.70. The Balaban J connectivity index is 2.36. The number of nitrogens with one attached hydrogen (secondary N) is 1. The fraction of sp³-hybridized carbons (Fsp3) is 0.643. The van der Waals surface area contributed by atoms with Crippen molar-refractivity contribution in [3.63, 3.8) is 0 Å². The van der Waals surface area contributed by atoms with Gasteiger partial charge in [0.1, 0.15) is 0 Å². The van der Waals surface area contributed by atoms with Crippen LogP contribution >= 0.6 is 11.6 Å². The van der Waals surface area contributed by atoms with Gasteiger partial charge in [-0.15, -0.1) is 0 Å². The van der Waals surface area contributed by atoms with Crippen LogP contribution in [0, 0.1) is 5.92 Å². The van der Waals surface area contributed by atoms with Gasteiger partial charge in [0, 0.05) is 12.1 Å². The molecule has 0 amide bonds. The van der Waals surface area contributed by atoms with Crippen molar-refractivity contribution >= 4 is 11.6 Å². The van der Waals surface area contributed by atoms with Crippen LogP contribution in [0.3, 0.4) is 0 Å². The highest BCUT2D eigenvalue weighted by molar-refractivity contribution is 6.31. The lowest BCUT2D eigenvalue weighted by Gasteiger charge is -2.32. The second kappa shape index (κ2) is 5.02. The lowest BCUT2D eigenvalue weighted by Crippen LogP contribution is -2.41. The number of nitrogens with two attached hydrogens (primary N) is 1. The van der Waals surface area contributed by atoms with E-state index in [0.717, 1.165) is 12.1 Å². The summed E-state index contributed by atoms with van der Waals surface area (Å²) in [5, 5.41) is 0.631. The van der Waals surface area contributed by atoms with Gasteiger partial charge in [-0.05, 0) is 46.2 Å². The first-order chi connectivity index (χ1) is 8.77. The third kappa shape index (κ3) is 2.92. The average molecular weight is 284 g/mol. The van der Waals surface area contributed by atoms with Gasteiger partial charge in [0.05, 0.1) is 28.0 Å². The molecule has 0 radical (unpaired) electrons. The second-order valence-electron chi connectivity index (χ2n) is 6.29. The Kier molecular flexibility index (Phi) is 3.89. The van der Waals surface area contributed by atoms with Crippen LogP contribution in [-0.4, -0.2) is 16.2 Å². The first-order valence-corrected chi connectivity index (χ1v) is 6.91. The summed E-state index contributed by atoms with van der Waals surface area (Å²) in [6.07, 6.45) is 2.64. The predicted molar refractivity (Wildman–Crippen MR) is 76.7 cm³/mol. The molecule has 1 aromatic rings. The quantitative estimate of drug-likeness (QED) is 0.661. The van der Waals surface area contributed by atoms with E-state index in [1.54, 1.807) is 6.20 Å². The first-order valence-electron chi connectivity index (χ1n) is 6.53. The highest BCUT2D eigenvalue weighted by Crippen LogP contribution is 2.47. The van der Waals surface area contributed by atoms with Gasteiger partial charge in [-0.25, -0.2) is 0 Å². The molecule has 0 bridgehead atoms. The molecule has 1 saturated heterocycles. The number of ether oxygens (including phenoxy) is 1. The average Bonchev–Trinajstić information content (AvgIpc) is 2.51. The van der Waals surface area contributed by atoms with E-state index in [9.17, 15) is 0 Å². The van der Waals surface area contributed by atoms with Crippen molar-refractivity contribution in [3.8, 4) is 0 Å². The van der Waals surface area contributed by atoms with Crippen LogP contribution < -0.4 is 11.3 Å². The highest BCUT2D eigenvalue weighted by Gasteiger charge is 2.49. The van der Waals surface area contributed by atoms with Gasteiger partial charge in [0.2, 0.25) is 0 Å². The van der Waals surface area contributed by atoms with Crippen molar-refractivity contribution in [1.82, 2.24) is 10.4 Å². The number of aromatic nitrogens is 1. The van der Waals surface area contributed by atoms with Crippen LogP contribution in [0.5, 0.6) is 0 Å². The maximum Gasteiger partial charge on any atom is 0.0776 e. The van der Waals surface area contributed by atoms with E-state index in [0.29, 0.717) is 5.02 Å². The molecule has 1 aliphatic heterocycles. The fourth-order valence-electron chi connectivity index (χ4n) is 3.14. The number of hydrazine groups is 1. The summed E-state index contributed by atoms with van der Waals surface area (Å²) >= 11 is 6.24. The lowest BCUT2D eigenvalue weighted by molar-refractivity contribution is -0.0780. The summed E-state index contributed by atoms with van der Waals surface area (Å²) in [6, 6.07) is 3.53. The summed E-state index contributed by atoms with van der Waals surface area (Å²) in [6.45, 7) is 8.38. The zero-order valence-electron chi connectivity index (χ0n) is 11.9. The van der Waals surface area contributed by atoms with E-state index in [-0.39, 0.29) is 23.2 Å². The minimum Gasteiger partial charge on any atom is -0.369 e. The Morgan fingerprint density at radius 1 is 1.47 bits per heavy atom. The van der Waals surface area contributed by atoms with Crippen LogP contribution in [0.2, 0.25) is 5.02 Å². The Morgan fingerprint density at radius 2 is 2.16 bits per heavy atom. The normalized spacial score (nSPS) is 26.3. The highest BCUT2D eigenvalue weighted by atomic mass is 35.5. The molecular weight excluding hydrogens is 262 g/mol. The van der Waals surface area contributed by atoms with Crippen molar-refractivity contribution in [2.45, 2.75) is 51.4 Å². The van der Waals surface area contributed by atoms with Crippen LogP contribution in [0.15, 0.2) is 18.3 Å². The predicted octanol–water partition coefficient (Wildman–Crippen LogP) is 2.83. The number of hydrogen-bond acceptors (Lipinski definition) is 4. The molecule has 106 valence electrons. The monoisotopic (exact) mass is 283 g/mol. The van der Waals surface area contributed by atoms with Gasteiger partial charge in [0.25, 0.3) is 0 Å². The molecule has 2 rings (SSSR count). The molecule has 0 spiro atoms. The smallest absolute Gasteiger partial charge is 0.0776 e. The third-order valence-corrected chi connectivity index (χ3v) is 4.13. The molecule has 4 nitrogen and oxygen atoms in total. The molecule has 0 aliphatic carbocycles. The van der Waals surface area contributed by atoms with Crippen molar-refractivity contribution in [3.05, 3.63) is 29.0 Å². The number of pyridine rings is 1. The third-order valence-electron chi connectivity index (χ3n) is 3.81. The van der Waals surface area contributed by atoms with Crippen molar-refractivity contribution in [2.75, 3.05) is 0 Å². The fourth-order valence-corrected chi connectivity index (χ4v) is 3.38. The maximum absolute atomic E-state index is 6.24. The number of hydrogen-bond donors (Lipinski definition) is 2. The molecule has 3 N–H and O–H groups in total. The van der Waals surface area contributed by atoms with Crippen LogP contribution in [0.1, 0.15) is 45.9 Å². The van der Waals surface area contributed by atoms with Crippen molar-refractivity contribution < 1.29 is 4.74 Å². The lowest BCUT2D eigenvalue weighted by atomic mass is 9.80. The first kappa shape index (κ1) is 14.7. The molecule has 2 atom stereocenters. The van der Waals surface area contributed by atoms with Crippen LogP contribution in [0.25, 0.3) is 0 Å².